The van der Waals surface area contributed by atoms with E-state index in [9.17, 15) is 0 Å². The van der Waals surface area contributed by atoms with Crippen LogP contribution in [0.4, 0.5) is 5.69 Å². The number of rotatable bonds is 4. The van der Waals surface area contributed by atoms with Crippen molar-refractivity contribution in [2.75, 3.05) is 26.1 Å². The second kappa shape index (κ2) is 5.34. The van der Waals surface area contributed by atoms with Crippen molar-refractivity contribution in [1.82, 2.24) is 5.48 Å². The van der Waals surface area contributed by atoms with E-state index < -0.39 is 0 Å². The minimum atomic E-state index is 0.711. The lowest BCUT2D eigenvalue weighted by atomic mass is 10.2. The van der Waals surface area contributed by atoms with E-state index in [1.165, 1.54) is 11.3 Å². The zero-order valence-electron chi connectivity index (χ0n) is 8.67. The van der Waals surface area contributed by atoms with Gasteiger partial charge in [0.05, 0.1) is 12.8 Å². The Labute approximate surface area is 93.1 Å². The van der Waals surface area contributed by atoms with E-state index in [4.69, 9.17) is 4.84 Å². The van der Waals surface area contributed by atoms with Crippen LogP contribution in [0.15, 0.2) is 22.7 Å². The average molecular weight is 259 g/mol. The van der Waals surface area contributed by atoms with Gasteiger partial charge >= 0.3 is 0 Å². The molecule has 0 radical (unpaired) electrons. The van der Waals surface area contributed by atoms with Crippen LogP contribution < -0.4 is 10.4 Å². The first-order valence-electron chi connectivity index (χ1n) is 4.36. The molecule has 4 heteroatoms. The summed E-state index contributed by atoms with van der Waals surface area (Å²) >= 11 is 3.53. The highest BCUT2D eigenvalue weighted by Gasteiger charge is 2.02. The van der Waals surface area contributed by atoms with E-state index in [1.807, 2.05) is 14.1 Å². The van der Waals surface area contributed by atoms with Gasteiger partial charge in [0.2, 0.25) is 0 Å². The lowest BCUT2D eigenvalue weighted by molar-refractivity contribution is 0.0867. The van der Waals surface area contributed by atoms with Crippen LogP contribution in [0.25, 0.3) is 0 Å². The first kappa shape index (κ1) is 11.5. The van der Waals surface area contributed by atoms with Gasteiger partial charge < -0.3 is 9.74 Å². The topological polar surface area (TPSA) is 24.5 Å². The number of halogens is 1. The van der Waals surface area contributed by atoms with Crippen molar-refractivity contribution in [3.8, 4) is 0 Å². The first-order valence-corrected chi connectivity index (χ1v) is 5.16. The largest absolute Gasteiger partial charge is 0.377 e. The van der Waals surface area contributed by atoms with Crippen LogP contribution in [0.2, 0.25) is 0 Å². The minimum absolute atomic E-state index is 0.711. The van der Waals surface area contributed by atoms with Gasteiger partial charge in [0.15, 0.2) is 0 Å². The van der Waals surface area contributed by atoms with Gasteiger partial charge in [-0.1, -0.05) is 6.07 Å². The number of nitrogens with zero attached hydrogens (tertiary/aromatic N) is 1. The Balaban J connectivity index is 2.78. The van der Waals surface area contributed by atoms with Gasteiger partial charge in [-0.15, -0.1) is 0 Å². The number of hydroxylamine groups is 1. The maximum absolute atomic E-state index is 4.79. The number of nitrogens with one attached hydrogen (secondary N) is 1. The molecular formula is C10H15BrN2O. The van der Waals surface area contributed by atoms with E-state index in [1.54, 1.807) is 7.11 Å². The van der Waals surface area contributed by atoms with Crippen LogP contribution in [0, 0.1) is 0 Å². The first-order chi connectivity index (χ1) is 6.65. The summed E-state index contributed by atoms with van der Waals surface area (Å²) in [6.45, 7) is 0.711. The maximum atomic E-state index is 4.79. The summed E-state index contributed by atoms with van der Waals surface area (Å²) in [5, 5.41) is 0. The summed E-state index contributed by atoms with van der Waals surface area (Å²) in [6.07, 6.45) is 0. The van der Waals surface area contributed by atoms with E-state index in [0.717, 1.165) is 4.47 Å². The maximum Gasteiger partial charge on any atom is 0.0572 e. The fourth-order valence-electron chi connectivity index (χ4n) is 1.18. The van der Waals surface area contributed by atoms with Crippen LogP contribution in [0.5, 0.6) is 0 Å². The van der Waals surface area contributed by atoms with Gasteiger partial charge in [0.25, 0.3) is 0 Å². The van der Waals surface area contributed by atoms with Crippen LogP contribution in [-0.4, -0.2) is 21.2 Å². The Morgan fingerprint density at radius 2 is 2.14 bits per heavy atom. The smallest absolute Gasteiger partial charge is 0.0572 e. The molecule has 0 unspecified atom stereocenters. The molecule has 0 fully saturated rings. The summed E-state index contributed by atoms with van der Waals surface area (Å²) in [7, 11) is 5.66. The summed E-state index contributed by atoms with van der Waals surface area (Å²) in [5.74, 6) is 0. The molecule has 0 aliphatic heterocycles. The fourth-order valence-corrected chi connectivity index (χ4v) is 1.96. The van der Waals surface area contributed by atoms with Gasteiger partial charge in [-0.2, -0.15) is 5.48 Å². The van der Waals surface area contributed by atoms with Gasteiger partial charge in [-0.25, -0.2) is 0 Å². The Morgan fingerprint density at radius 3 is 2.64 bits per heavy atom. The Hall–Kier alpha value is -0.580. The average Bonchev–Trinajstić information content (AvgIpc) is 2.14. The van der Waals surface area contributed by atoms with Crippen molar-refractivity contribution >= 4 is 21.6 Å². The Morgan fingerprint density at radius 1 is 1.43 bits per heavy atom. The molecule has 14 heavy (non-hydrogen) atoms. The monoisotopic (exact) mass is 258 g/mol. The predicted octanol–water partition coefficient (Wildman–Crippen LogP) is 2.17. The van der Waals surface area contributed by atoms with Crippen molar-refractivity contribution in [1.29, 1.82) is 0 Å². The molecule has 0 amide bonds. The highest BCUT2D eigenvalue weighted by atomic mass is 79.9. The third-order valence-electron chi connectivity index (χ3n) is 1.91. The molecular weight excluding hydrogens is 244 g/mol. The quantitative estimate of drug-likeness (QED) is 0.839. The highest BCUT2D eigenvalue weighted by Crippen LogP contribution is 2.25. The molecule has 0 aromatic heterocycles. The molecule has 3 nitrogen and oxygen atoms in total. The molecule has 0 saturated heterocycles. The molecule has 0 saturated carbocycles. The standard InChI is InChI=1S/C10H15BrN2O/c1-13(2)10-5-4-8(6-9(10)11)7-12-14-3/h4-6,12H,7H2,1-3H3. The van der Waals surface area contributed by atoms with Crippen molar-refractivity contribution < 1.29 is 4.84 Å². The fraction of sp³-hybridized carbons (Fsp3) is 0.400. The van der Waals surface area contributed by atoms with Crippen molar-refractivity contribution in [2.24, 2.45) is 0 Å². The molecule has 78 valence electrons. The molecule has 0 aliphatic rings. The van der Waals surface area contributed by atoms with E-state index in [2.05, 4.69) is 44.5 Å². The molecule has 1 N–H and O–H groups in total. The molecule has 1 aromatic carbocycles. The summed E-state index contributed by atoms with van der Waals surface area (Å²) < 4.78 is 1.10. The van der Waals surface area contributed by atoms with Crippen LogP contribution in [0.3, 0.4) is 0 Å². The molecule has 0 spiro atoms. The van der Waals surface area contributed by atoms with Gasteiger partial charge in [0, 0.05) is 25.1 Å². The third kappa shape index (κ3) is 2.97. The predicted molar refractivity (Wildman–Crippen MR) is 62.3 cm³/mol. The van der Waals surface area contributed by atoms with Crippen molar-refractivity contribution in [2.45, 2.75) is 6.54 Å². The number of benzene rings is 1. The number of hydrogen-bond donors (Lipinski definition) is 1. The number of anilines is 1. The lowest BCUT2D eigenvalue weighted by Crippen LogP contribution is -2.12. The number of hydrogen-bond acceptors (Lipinski definition) is 3. The van der Waals surface area contributed by atoms with E-state index in [0.29, 0.717) is 6.54 Å². The van der Waals surface area contributed by atoms with Crippen LogP contribution in [0.1, 0.15) is 5.56 Å². The highest BCUT2D eigenvalue weighted by molar-refractivity contribution is 9.10. The molecule has 1 aromatic rings. The summed E-state index contributed by atoms with van der Waals surface area (Å²) in [6, 6.07) is 6.24. The van der Waals surface area contributed by atoms with E-state index >= 15 is 0 Å². The van der Waals surface area contributed by atoms with Crippen molar-refractivity contribution in [3.05, 3.63) is 28.2 Å². The lowest BCUT2D eigenvalue weighted by Gasteiger charge is -2.15. The second-order valence-corrected chi connectivity index (χ2v) is 4.06. The zero-order chi connectivity index (χ0) is 10.6. The second-order valence-electron chi connectivity index (χ2n) is 3.21. The molecule has 0 bridgehead atoms. The Kier molecular flexibility index (Phi) is 4.38. The van der Waals surface area contributed by atoms with Crippen LogP contribution >= 0.6 is 15.9 Å². The molecule has 0 heterocycles. The van der Waals surface area contributed by atoms with Gasteiger partial charge in [0.1, 0.15) is 0 Å². The normalized spacial score (nSPS) is 10.3. The third-order valence-corrected chi connectivity index (χ3v) is 2.55. The summed E-state index contributed by atoms with van der Waals surface area (Å²) in [4.78, 5) is 6.85. The Bertz CT molecular complexity index is 302. The molecule has 1 rings (SSSR count). The SMILES string of the molecule is CONCc1ccc(N(C)C)c(Br)c1. The van der Waals surface area contributed by atoms with E-state index in [-0.39, 0.29) is 0 Å². The van der Waals surface area contributed by atoms with Crippen LogP contribution in [-0.2, 0) is 11.4 Å². The summed E-state index contributed by atoms with van der Waals surface area (Å²) in [5.41, 5.74) is 5.16. The van der Waals surface area contributed by atoms with Gasteiger partial charge in [-0.3, -0.25) is 0 Å². The van der Waals surface area contributed by atoms with Gasteiger partial charge in [-0.05, 0) is 33.6 Å². The van der Waals surface area contributed by atoms with Crippen molar-refractivity contribution in [3.63, 3.8) is 0 Å². The zero-order valence-corrected chi connectivity index (χ0v) is 10.3. The molecule has 0 atom stereocenters. The molecule has 0 aliphatic carbocycles. The minimum Gasteiger partial charge on any atom is -0.377 e.